The van der Waals surface area contributed by atoms with Gasteiger partial charge >= 0.3 is 0 Å². The summed E-state index contributed by atoms with van der Waals surface area (Å²) in [5.74, 6) is -4.67. The van der Waals surface area contributed by atoms with Crippen molar-refractivity contribution in [2.24, 2.45) is 11.8 Å². The zero-order chi connectivity index (χ0) is 27.8. The predicted molar refractivity (Wildman–Crippen MR) is 147 cm³/mol. The lowest BCUT2D eigenvalue weighted by molar-refractivity contribution is -0.133. The Hall–Kier alpha value is -4.65. The third-order valence-corrected chi connectivity index (χ3v) is 6.33. The van der Waals surface area contributed by atoms with Crippen molar-refractivity contribution < 1.29 is 23.5 Å². The van der Waals surface area contributed by atoms with Crippen molar-refractivity contribution in [1.29, 1.82) is 0 Å². The number of ether oxygens (including phenoxy) is 1. The minimum atomic E-state index is -1.37. The van der Waals surface area contributed by atoms with Gasteiger partial charge in [-0.05, 0) is 53.6 Å². The molecule has 6 nitrogen and oxygen atoms in total. The fourth-order valence-electron chi connectivity index (χ4n) is 4.29. The number of rotatable bonds is 11. The van der Waals surface area contributed by atoms with Gasteiger partial charge in [-0.1, -0.05) is 62.4 Å². The van der Waals surface area contributed by atoms with Gasteiger partial charge in [0, 0.05) is 23.9 Å². The number of carbonyl (C=O) groups is 3. The number of para-hydroxylation sites is 2. The molecule has 0 fully saturated rings. The number of hydrogen-bond acceptors (Lipinski definition) is 5. The Morgan fingerprint density at radius 3 is 2.23 bits per heavy atom. The van der Waals surface area contributed by atoms with Crippen LogP contribution in [0.5, 0.6) is 5.75 Å². The zero-order valence-corrected chi connectivity index (χ0v) is 21.7. The van der Waals surface area contributed by atoms with E-state index in [9.17, 15) is 18.8 Å². The van der Waals surface area contributed by atoms with Crippen LogP contribution in [0.1, 0.15) is 41.3 Å². The van der Waals surface area contributed by atoms with E-state index in [-0.39, 0.29) is 12.2 Å². The number of Topliss-reactive ketones (excluding diaryl/α,β-unsaturated/α-hetero) is 2. The number of ketones is 2. The summed E-state index contributed by atoms with van der Waals surface area (Å²) in [4.78, 5) is 45.3. The molecule has 198 valence electrons. The van der Waals surface area contributed by atoms with Gasteiger partial charge in [-0.2, -0.15) is 0 Å². The minimum Gasteiger partial charge on any atom is -0.487 e. The molecule has 0 saturated heterocycles. The van der Waals surface area contributed by atoms with Crippen LogP contribution in [0.3, 0.4) is 0 Å². The average Bonchev–Trinajstić information content (AvgIpc) is 2.96. The summed E-state index contributed by atoms with van der Waals surface area (Å²) in [6, 6.07) is 24.9. The van der Waals surface area contributed by atoms with E-state index in [0.717, 1.165) is 5.56 Å². The van der Waals surface area contributed by atoms with E-state index >= 15 is 0 Å². The Morgan fingerprint density at radius 1 is 0.872 bits per heavy atom. The molecule has 0 bridgehead atoms. The first-order valence-electron chi connectivity index (χ1n) is 12.6. The van der Waals surface area contributed by atoms with E-state index < -0.39 is 41.0 Å². The first-order chi connectivity index (χ1) is 18.8. The summed E-state index contributed by atoms with van der Waals surface area (Å²) in [5.41, 5.74) is 1.92. The van der Waals surface area contributed by atoms with Crippen LogP contribution in [0.4, 0.5) is 10.1 Å². The largest absolute Gasteiger partial charge is 0.487 e. The van der Waals surface area contributed by atoms with Crippen molar-refractivity contribution >= 4 is 23.2 Å². The van der Waals surface area contributed by atoms with Gasteiger partial charge in [-0.25, -0.2) is 4.39 Å². The van der Waals surface area contributed by atoms with Gasteiger partial charge in [-0.3, -0.25) is 19.4 Å². The van der Waals surface area contributed by atoms with Crippen LogP contribution >= 0.6 is 0 Å². The smallest absolute Gasteiger partial charge is 0.236 e. The van der Waals surface area contributed by atoms with Gasteiger partial charge in [-0.15, -0.1) is 0 Å². The van der Waals surface area contributed by atoms with E-state index in [2.05, 4.69) is 10.3 Å². The third-order valence-electron chi connectivity index (χ3n) is 6.33. The molecule has 0 radical (unpaired) electrons. The highest BCUT2D eigenvalue weighted by Crippen LogP contribution is 2.34. The highest BCUT2D eigenvalue weighted by Gasteiger charge is 2.41. The summed E-state index contributed by atoms with van der Waals surface area (Å²) in [6.45, 7) is 3.65. The average molecular weight is 525 g/mol. The molecule has 0 saturated carbocycles. The fourth-order valence-corrected chi connectivity index (χ4v) is 4.29. The third kappa shape index (κ3) is 6.82. The van der Waals surface area contributed by atoms with Crippen LogP contribution in [-0.4, -0.2) is 22.5 Å². The molecular weight excluding hydrogens is 495 g/mol. The second kappa shape index (κ2) is 12.7. The van der Waals surface area contributed by atoms with Crippen molar-refractivity contribution in [3.05, 3.63) is 126 Å². The van der Waals surface area contributed by atoms with Gasteiger partial charge in [0.05, 0.1) is 11.6 Å². The second-order valence-electron chi connectivity index (χ2n) is 9.43. The molecular formula is C32H29FN2O4. The molecule has 39 heavy (non-hydrogen) atoms. The van der Waals surface area contributed by atoms with E-state index in [1.54, 1.807) is 56.4 Å². The number of nitrogens with one attached hydrogen (secondary N) is 1. The Balaban J connectivity index is 1.69. The molecule has 1 heterocycles. The number of carbonyl (C=O) groups excluding carboxylic acids is 3. The highest BCUT2D eigenvalue weighted by atomic mass is 19.1. The number of hydrogen-bond donors (Lipinski definition) is 1. The normalized spacial score (nSPS) is 12.4. The lowest BCUT2D eigenvalue weighted by atomic mass is 9.76. The maximum absolute atomic E-state index is 13.9. The molecule has 1 amide bonds. The predicted octanol–water partition coefficient (Wildman–Crippen LogP) is 6.25. The van der Waals surface area contributed by atoms with Crippen LogP contribution in [0.15, 0.2) is 103 Å². The molecule has 2 atom stereocenters. The molecule has 4 rings (SSSR count). The van der Waals surface area contributed by atoms with E-state index in [1.165, 1.54) is 30.5 Å². The Morgan fingerprint density at radius 2 is 1.56 bits per heavy atom. The highest BCUT2D eigenvalue weighted by molar-refractivity contribution is 6.15. The summed E-state index contributed by atoms with van der Waals surface area (Å²) >= 11 is 0. The van der Waals surface area contributed by atoms with Gasteiger partial charge in [0.25, 0.3) is 0 Å². The number of nitrogens with zero attached hydrogens (tertiary/aromatic N) is 1. The monoisotopic (exact) mass is 524 g/mol. The van der Waals surface area contributed by atoms with E-state index in [0.29, 0.717) is 17.0 Å². The lowest BCUT2D eigenvalue weighted by Crippen LogP contribution is -2.40. The van der Waals surface area contributed by atoms with Crippen LogP contribution < -0.4 is 10.1 Å². The molecule has 1 aromatic heterocycles. The topological polar surface area (TPSA) is 85.4 Å². The lowest BCUT2D eigenvalue weighted by Gasteiger charge is -2.26. The van der Waals surface area contributed by atoms with Crippen LogP contribution in [0.2, 0.25) is 0 Å². The first kappa shape index (κ1) is 27.4. The van der Waals surface area contributed by atoms with Crippen molar-refractivity contribution in [2.45, 2.75) is 26.4 Å². The number of anilines is 1. The van der Waals surface area contributed by atoms with Crippen molar-refractivity contribution in [2.75, 3.05) is 5.32 Å². The summed E-state index contributed by atoms with van der Waals surface area (Å²) in [6.07, 6.45) is 3.01. The van der Waals surface area contributed by atoms with Gasteiger partial charge < -0.3 is 10.1 Å². The van der Waals surface area contributed by atoms with Crippen LogP contribution in [0, 0.1) is 17.7 Å². The van der Waals surface area contributed by atoms with Gasteiger partial charge in [0.1, 0.15) is 29.9 Å². The second-order valence-corrected chi connectivity index (χ2v) is 9.43. The number of halogens is 1. The molecule has 3 aromatic carbocycles. The number of pyridine rings is 1. The van der Waals surface area contributed by atoms with E-state index in [4.69, 9.17) is 4.74 Å². The van der Waals surface area contributed by atoms with Crippen molar-refractivity contribution in [3.8, 4) is 5.75 Å². The summed E-state index contributed by atoms with van der Waals surface area (Å²) in [5, 5.41) is 2.83. The zero-order valence-electron chi connectivity index (χ0n) is 21.7. The maximum atomic E-state index is 13.9. The summed E-state index contributed by atoms with van der Waals surface area (Å²) < 4.78 is 19.6. The first-order valence-corrected chi connectivity index (χ1v) is 12.6. The number of amides is 1. The molecule has 4 aromatic rings. The quantitative estimate of drug-likeness (QED) is 0.185. The Kier molecular flexibility index (Phi) is 8.94. The molecule has 0 aliphatic rings. The number of aromatic nitrogens is 1. The number of benzene rings is 3. The standard InChI is InChI=1S/C32H29FN2O4/c1-21(2)30(36)29(28(24-11-8-18-34-19-24)31(37)23-14-16-25(33)17-15-23)32(38)35-26-12-6-7-13-27(26)39-20-22-9-4-3-5-10-22/h3-19,21,28-29H,20H2,1-2H3,(H,35,38). The molecule has 0 aliphatic carbocycles. The SMILES string of the molecule is CC(C)C(=O)C(C(=O)Nc1ccccc1OCc1ccccc1)C(C(=O)c1ccc(F)cc1)c1cccnc1. The Labute approximate surface area is 226 Å². The van der Waals surface area contributed by atoms with Crippen molar-refractivity contribution in [1.82, 2.24) is 4.98 Å². The van der Waals surface area contributed by atoms with Gasteiger partial charge in [0.2, 0.25) is 5.91 Å². The molecule has 2 unspecified atom stereocenters. The molecule has 7 heteroatoms. The van der Waals surface area contributed by atoms with Crippen LogP contribution in [-0.2, 0) is 16.2 Å². The summed E-state index contributed by atoms with van der Waals surface area (Å²) in [7, 11) is 0. The Bertz CT molecular complexity index is 1420. The molecule has 0 spiro atoms. The van der Waals surface area contributed by atoms with Gasteiger partial charge in [0.15, 0.2) is 5.78 Å². The van der Waals surface area contributed by atoms with E-state index in [1.807, 2.05) is 30.3 Å². The van der Waals surface area contributed by atoms with Crippen LogP contribution in [0.25, 0.3) is 0 Å². The minimum absolute atomic E-state index is 0.186. The molecule has 1 N–H and O–H groups in total. The maximum Gasteiger partial charge on any atom is 0.236 e. The van der Waals surface area contributed by atoms with Crippen molar-refractivity contribution in [3.63, 3.8) is 0 Å². The fraction of sp³-hybridized carbons (Fsp3) is 0.188. The molecule has 0 aliphatic heterocycles.